The Hall–Kier alpha value is -2.52. The van der Waals surface area contributed by atoms with Crippen LogP contribution in [-0.2, 0) is 38.1 Å². The van der Waals surface area contributed by atoms with Crippen LogP contribution < -0.4 is 21.3 Å². The van der Waals surface area contributed by atoms with Crippen LogP contribution >= 0.6 is 0 Å². The van der Waals surface area contributed by atoms with Gasteiger partial charge in [-0.15, -0.1) is 0 Å². The lowest BCUT2D eigenvalue weighted by Crippen LogP contribution is -2.64. The Balaban J connectivity index is 1.55. The summed E-state index contributed by atoms with van der Waals surface area (Å²) in [5.41, 5.74) is 0. The molecule has 0 aromatic carbocycles. The number of carbonyl (C=O) groups is 4. The van der Waals surface area contributed by atoms with Crippen LogP contribution in [0.3, 0.4) is 0 Å². The van der Waals surface area contributed by atoms with Gasteiger partial charge in [-0.1, -0.05) is 0 Å². The maximum absolute atomic E-state index is 12.1. The average Bonchev–Trinajstić information content (AvgIpc) is 3.01. The summed E-state index contributed by atoms with van der Waals surface area (Å²) < 4.78 is 22.2. The summed E-state index contributed by atoms with van der Waals surface area (Å²) in [4.78, 5) is 47.2. The molecule has 0 aromatic rings. The first-order valence-corrected chi connectivity index (χ1v) is 15.4. The van der Waals surface area contributed by atoms with Gasteiger partial charge in [0.1, 0.15) is 48.7 Å². The summed E-state index contributed by atoms with van der Waals surface area (Å²) in [6, 6.07) is -2.07. The van der Waals surface area contributed by atoms with E-state index in [0.29, 0.717) is 25.7 Å². The highest BCUT2D eigenvalue weighted by atomic mass is 16.7. The monoisotopic (exact) mass is 666 g/mol. The van der Waals surface area contributed by atoms with E-state index in [0.717, 1.165) is 0 Å². The van der Waals surface area contributed by atoms with Gasteiger partial charge in [0.2, 0.25) is 23.6 Å². The molecule has 18 nitrogen and oxygen atoms in total. The number of amides is 4. The van der Waals surface area contributed by atoms with Crippen molar-refractivity contribution in [1.82, 2.24) is 21.3 Å². The molecule has 2 fully saturated rings. The van der Waals surface area contributed by atoms with Gasteiger partial charge in [-0.05, 0) is 25.7 Å². The number of hydrogen-bond acceptors (Lipinski definition) is 14. The second kappa shape index (κ2) is 20.7. The van der Waals surface area contributed by atoms with Crippen molar-refractivity contribution in [2.75, 3.05) is 39.5 Å². The van der Waals surface area contributed by atoms with Crippen molar-refractivity contribution in [2.45, 2.75) is 114 Å². The largest absolute Gasteiger partial charge is 0.394 e. The van der Waals surface area contributed by atoms with Crippen molar-refractivity contribution < 1.29 is 68.8 Å². The molecule has 10 N–H and O–H groups in total. The van der Waals surface area contributed by atoms with Gasteiger partial charge in [0.15, 0.2) is 12.6 Å². The number of nitrogens with one attached hydrogen (secondary N) is 4. The normalized spacial score (nSPS) is 31.1. The number of aliphatic hydroxyl groups excluding tert-OH is 6. The molecule has 0 radical (unpaired) electrons. The summed E-state index contributed by atoms with van der Waals surface area (Å²) in [6.45, 7) is 2.11. The van der Waals surface area contributed by atoms with E-state index in [-0.39, 0.29) is 51.0 Å². The Bertz CT molecular complexity index is 887. The predicted molar refractivity (Wildman–Crippen MR) is 156 cm³/mol. The number of ether oxygens (including phenoxy) is 4. The van der Waals surface area contributed by atoms with E-state index in [1.807, 2.05) is 0 Å². The van der Waals surface area contributed by atoms with Gasteiger partial charge in [0, 0.05) is 53.0 Å². The quantitative estimate of drug-likeness (QED) is 0.0582. The maximum atomic E-state index is 12.1. The highest BCUT2D eigenvalue weighted by Gasteiger charge is 2.46. The molecule has 2 aliphatic rings. The summed E-state index contributed by atoms with van der Waals surface area (Å²) in [5.74, 6) is -1.36. The number of aliphatic hydroxyl groups is 6. The molecular formula is C28H50N4O14. The van der Waals surface area contributed by atoms with E-state index in [4.69, 9.17) is 18.9 Å². The molecule has 2 rings (SSSR count). The third-order valence-electron chi connectivity index (χ3n) is 7.43. The SMILES string of the molecule is CC(=O)NC1C(O)[C@@H](O)C(CO)O[C@H]1OCCCCC(=O)NCCNC(=O)CCCCO[C@@H]1O[C@H](CO)[C@H](O)C(O)C1NC(C)=O. The molecule has 4 amide bonds. The van der Waals surface area contributed by atoms with Crippen LogP contribution in [0.15, 0.2) is 0 Å². The Morgan fingerprint density at radius 2 is 0.978 bits per heavy atom. The molecular weight excluding hydrogens is 616 g/mol. The minimum absolute atomic E-state index is 0.133. The second-order valence-corrected chi connectivity index (χ2v) is 11.2. The van der Waals surface area contributed by atoms with Crippen LogP contribution in [0.25, 0.3) is 0 Å². The van der Waals surface area contributed by atoms with E-state index in [9.17, 15) is 49.8 Å². The summed E-state index contributed by atoms with van der Waals surface area (Å²) in [5, 5.41) is 69.7. The number of rotatable bonds is 19. The lowest BCUT2D eigenvalue weighted by atomic mass is 9.97. The fourth-order valence-corrected chi connectivity index (χ4v) is 4.98. The molecule has 0 saturated carbocycles. The zero-order valence-corrected chi connectivity index (χ0v) is 26.2. The van der Waals surface area contributed by atoms with E-state index < -0.39 is 86.3 Å². The first-order chi connectivity index (χ1) is 21.9. The summed E-state index contributed by atoms with van der Waals surface area (Å²) in [7, 11) is 0. The van der Waals surface area contributed by atoms with Crippen molar-refractivity contribution in [2.24, 2.45) is 0 Å². The molecule has 266 valence electrons. The zero-order valence-electron chi connectivity index (χ0n) is 26.2. The minimum Gasteiger partial charge on any atom is -0.394 e. The van der Waals surface area contributed by atoms with Gasteiger partial charge in [0.25, 0.3) is 0 Å². The molecule has 0 spiro atoms. The first kappa shape index (κ1) is 39.7. The Labute approximate surface area is 267 Å². The third kappa shape index (κ3) is 12.9. The molecule has 0 bridgehead atoms. The fraction of sp³-hybridized carbons (Fsp3) is 0.857. The van der Waals surface area contributed by atoms with Gasteiger partial charge in [-0.2, -0.15) is 0 Å². The highest BCUT2D eigenvalue weighted by Crippen LogP contribution is 2.23. The number of carbonyl (C=O) groups excluding carboxylic acids is 4. The van der Waals surface area contributed by atoms with Gasteiger partial charge in [-0.25, -0.2) is 0 Å². The van der Waals surface area contributed by atoms with Crippen LogP contribution in [0.4, 0.5) is 0 Å². The molecule has 5 unspecified atom stereocenters. The van der Waals surface area contributed by atoms with Crippen molar-refractivity contribution in [1.29, 1.82) is 0 Å². The van der Waals surface area contributed by atoms with Crippen LogP contribution in [0.1, 0.15) is 52.4 Å². The van der Waals surface area contributed by atoms with Crippen molar-refractivity contribution in [3.63, 3.8) is 0 Å². The third-order valence-corrected chi connectivity index (χ3v) is 7.43. The van der Waals surface area contributed by atoms with E-state index >= 15 is 0 Å². The van der Waals surface area contributed by atoms with Crippen LogP contribution in [0, 0.1) is 0 Å². The van der Waals surface area contributed by atoms with Crippen LogP contribution in [0.2, 0.25) is 0 Å². The Morgan fingerprint density at radius 3 is 1.30 bits per heavy atom. The Morgan fingerprint density at radius 1 is 0.609 bits per heavy atom. The second-order valence-electron chi connectivity index (χ2n) is 11.2. The summed E-state index contributed by atoms with van der Waals surface area (Å²) in [6.07, 6.45) is -7.74. The average molecular weight is 667 g/mol. The van der Waals surface area contributed by atoms with Crippen molar-refractivity contribution in [3.05, 3.63) is 0 Å². The first-order valence-electron chi connectivity index (χ1n) is 15.4. The van der Waals surface area contributed by atoms with E-state index in [1.54, 1.807) is 0 Å². The molecule has 2 saturated heterocycles. The predicted octanol–water partition coefficient (Wildman–Crippen LogP) is -4.52. The lowest BCUT2D eigenvalue weighted by Gasteiger charge is -2.42. The molecule has 18 heteroatoms. The minimum atomic E-state index is -1.40. The molecule has 0 aliphatic carbocycles. The fourth-order valence-electron chi connectivity index (χ4n) is 4.98. The standard InChI is InChI=1S/C28H50N4O14/c1-15(35)31-21-25(41)23(39)17(13-33)45-27(21)43-11-5-3-7-19(37)29-9-10-30-20(38)8-4-6-12-44-28-22(32-16(2)36)26(42)24(40)18(14-34)46-28/h17-18,21-28,33-34,39-42H,3-14H2,1-2H3,(H,29,37)(H,30,38)(H,31,35)(H,32,36)/t17-,18?,21?,22?,23+,24+,25?,26?,27-,28-/m1/s1. The van der Waals surface area contributed by atoms with E-state index in [2.05, 4.69) is 21.3 Å². The van der Waals surface area contributed by atoms with Crippen LogP contribution in [0.5, 0.6) is 0 Å². The Kier molecular flexibility index (Phi) is 17.8. The molecule has 10 atom stereocenters. The van der Waals surface area contributed by atoms with Gasteiger partial charge in [-0.3, -0.25) is 19.2 Å². The van der Waals surface area contributed by atoms with Crippen molar-refractivity contribution in [3.8, 4) is 0 Å². The summed E-state index contributed by atoms with van der Waals surface area (Å²) >= 11 is 0. The highest BCUT2D eigenvalue weighted by molar-refractivity contribution is 5.77. The lowest BCUT2D eigenvalue weighted by molar-refractivity contribution is -0.270. The molecule has 2 aliphatic heterocycles. The van der Waals surface area contributed by atoms with Crippen molar-refractivity contribution >= 4 is 23.6 Å². The van der Waals surface area contributed by atoms with E-state index in [1.165, 1.54) is 13.8 Å². The van der Waals surface area contributed by atoms with Gasteiger partial charge >= 0.3 is 0 Å². The molecule has 0 aromatic heterocycles. The van der Waals surface area contributed by atoms with Gasteiger partial charge < -0.3 is 70.9 Å². The smallest absolute Gasteiger partial charge is 0.220 e. The molecule has 2 heterocycles. The molecule has 46 heavy (non-hydrogen) atoms. The number of unbranched alkanes of at least 4 members (excludes halogenated alkanes) is 2. The zero-order chi connectivity index (χ0) is 34.2. The topological polar surface area (TPSA) is 275 Å². The maximum Gasteiger partial charge on any atom is 0.220 e. The van der Waals surface area contributed by atoms with Gasteiger partial charge in [0.05, 0.1) is 13.2 Å². The number of hydrogen-bond donors (Lipinski definition) is 10. The van der Waals surface area contributed by atoms with Crippen LogP contribution in [-0.4, -0.2) is 155 Å².